The molecule has 0 N–H and O–H groups in total. The van der Waals surface area contributed by atoms with Gasteiger partial charge in [0.2, 0.25) is 0 Å². The number of alkyl halides is 21. The molecule has 0 aromatic carbocycles. The third kappa shape index (κ3) is 5.28. The highest BCUT2D eigenvalue weighted by Gasteiger charge is 2.95. The fourth-order valence-corrected chi connectivity index (χ4v) is 2.05. The molecule has 33 heavy (non-hydrogen) atoms. The Morgan fingerprint density at radius 3 is 0.788 bits per heavy atom. The molecule has 0 fully saturated rings. The number of rotatable bonds is 5. The van der Waals surface area contributed by atoms with E-state index in [4.69, 9.17) is 0 Å². The zero-order valence-corrected chi connectivity index (χ0v) is 14.1. The maximum Gasteiger partial charge on any atom is 0.449 e. The Balaban J connectivity index is 8.02. The predicted molar refractivity (Wildman–Crippen MR) is 57.0 cm³/mol. The Morgan fingerprint density at radius 1 is 0.394 bits per heavy atom. The Kier molecular flexibility index (Phi) is 7.66. The van der Waals surface area contributed by atoms with E-state index >= 15 is 0 Å². The van der Waals surface area contributed by atoms with Crippen molar-refractivity contribution in [2.75, 3.05) is 6.61 Å². The van der Waals surface area contributed by atoms with Crippen LogP contribution in [0.4, 0.5) is 92.2 Å². The van der Waals surface area contributed by atoms with Crippen LogP contribution in [-0.4, -0.2) is 60.9 Å². The van der Waals surface area contributed by atoms with E-state index in [2.05, 4.69) is 0 Å². The Labute approximate surface area is 165 Å². The summed E-state index contributed by atoms with van der Waals surface area (Å²) in [6, 6.07) is 0. The molecule has 0 aromatic heterocycles. The Bertz CT molecular complexity index is 603. The highest BCUT2D eigenvalue weighted by Crippen LogP contribution is 2.68. The molecule has 0 aliphatic heterocycles. The molecule has 1 atom stereocenters. The summed E-state index contributed by atoms with van der Waals surface area (Å²) in [5.41, 5.74) is -17.8. The van der Waals surface area contributed by atoms with Crippen LogP contribution < -0.4 is 0 Å². The molecule has 0 rings (SSSR count). The fraction of sp³-hybridized carbons (Fsp3) is 0.909. The van der Waals surface area contributed by atoms with E-state index in [0.717, 1.165) is 0 Å². The third-order valence-corrected chi connectivity index (χ3v) is 3.37. The molecule has 0 aliphatic carbocycles. The average molecular weight is 549 g/mol. The van der Waals surface area contributed by atoms with E-state index in [9.17, 15) is 92.2 Å². The predicted octanol–water partition coefficient (Wildman–Crippen LogP) is 7.03. The van der Waals surface area contributed by atoms with Gasteiger partial charge in [0.15, 0.2) is 5.92 Å². The van der Waals surface area contributed by atoms with Gasteiger partial charge in [-0.25, -0.2) is 13.2 Å². The summed E-state index contributed by atoms with van der Waals surface area (Å²) < 4.78 is 271. The van der Waals surface area contributed by atoms with Crippen molar-refractivity contribution in [3.63, 3.8) is 0 Å². The van der Waals surface area contributed by atoms with Crippen molar-refractivity contribution in [3.8, 4) is 0 Å². The molecule has 0 amide bonds. The lowest BCUT2D eigenvalue weighted by atomic mass is 9.70. The lowest BCUT2D eigenvalue weighted by molar-refractivity contribution is -0.426. The average Bonchev–Trinajstić information content (AvgIpc) is 2.46. The number of ether oxygens (including phenoxy) is 1. The summed E-state index contributed by atoms with van der Waals surface area (Å²) in [5, 5.41) is 0. The molecule has 1 unspecified atom stereocenters. The molecule has 0 bridgehead atoms. The minimum absolute atomic E-state index is 1.86. The molecule has 0 saturated heterocycles. The van der Waals surface area contributed by atoms with Gasteiger partial charge in [-0.2, -0.15) is 79.0 Å². The molecule has 0 aromatic rings. The van der Waals surface area contributed by atoms with Crippen molar-refractivity contribution in [1.29, 1.82) is 0 Å². The lowest BCUT2D eigenvalue weighted by Crippen LogP contribution is -2.76. The minimum Gasteiger partial charge on any atom is -0.329 e. The van der Waals surface area contributed by atoms with Gasteiger partial charge in [0.25, 0.3) is 0 Å². The van der Waals surface area contributed by atoms with Crippen molar-refractivity contribution in [3.05, 3.63) is 5.92 Å². The second-order valence-corrected chi connectivity index (χ2v) is 5.68. The summed E-state index contributed by atoms with van der Waals surface area (Å²) in [7, 11) is 0. The Morgan fingerprint density at radius 2 is 0.636 bits per heavy atom. The van der Waals surface area contributed by atoms with Gasteiger partial charge in [0, 0.05) is 0 Å². The van der Waals surface area contributed by atoms with E-state index in [1.165, 1.54) is 0 Å². The second-order valence-electron chi connectivity index (χ2n) is 5.68. The van der Waals surface area contributed by atoms with Gasteiger partial charge in [-0.05, 0) is 0 Å². The van der Waals surface area contributed by atoms with Crippen LogP contribution in [0.2, 0.25) is 0 Å². The molecular weight excluding hydrogens is 547 g/mol. The summed E-state index contributed by atoms with van der Waals surface area (Å²) in [4.78, 5) is 0. The first-order chi connectivity index (χ1) is 13.8. The van der Waals surface area contributed by atoms with Crippen molar-refractivity contribution in [2.24, 2.45) is 0 Å². The molecule has 0 spiro atoms. The zero-order valence-electron chi connectivity index (χ0n) is 14.1. The Hall–Kier alpha value is -1.51. The molecular formula is C11H2F21O. The standard InChI is InChI=1S/C11H2F21O/c12-3(13,14)1-33-6(17,11(30,31)32)2(4(15,7(18,19)20)8(21,22)23)5(16,9(24,25)26)10(27,28)29/h1H2. The highest BCUT2D eigenvalue weighted by atomic mass is 19.4. The smallest absolute Gasteiger partial charge is 0.329 e. The number of hydrogen-bond acceptors (Lipinski definition) is 1. The lowest BCUT2D eigenvalue weighted by Gasteiger charge is -2.48. The van der Waals surface area contributed by atoms with Crippen LogP contribution in [-0.2, 0) is 4.74 Å². The van der Waals surface area contributed by atoms with E-state index < -0.39 is 66.8 Å². The van der Waals surface area contributed by atoms with Crippen molar-refractivity contribution in [2.45, 2.75) is 54.3 Å². The zero-order chi connectivity index (χ0) is 27.5. The van der Waals surface area contributed by atoms with E-state index in [-0.39, 0.29) is 0 Å². The minimum atomic E-state index is -8.88. The number of hydrogen-bond donors (Lipinski definition) is 0. The molecule has 199 valence electrons. The SMILES string of the molecule is FC(F)(F)COC(F)([C](C(F)(C(F)(F)F)C(F)(F)F)C(F)(C(F)(F)F)C(F)(F)F)C(F)(F)F. The van der Waals surface area contributed by atoms with E-state index in [0.29, 0.717) is 0 Å². The highest BCUT2D eigenvalue weighted by molar-refractivity contribution is 5.37. The van der Waals surface area contributed by atoms with Gasteiger partial charge in [-0.15, -0.1) is 0 Å². The van der Waals surface area contributed by atoms with Crippen LogP contribution in [0.1, 0.15) is 0 Å². The van der Waals surface area contributed by atoms with Crippen LogP contribution in [0.3, 0.4) is 0 Å². The molecule has 0 heterocycles. The van der Waals surface area contributed by atoms with Gasteiger partial charge < -0.3 is 4.74 Å². The summed E-state index contributed by atoms with van der Waals surface area (Å²) >= 11 is 0. The quantitative estimate of drug-likeness (QED) is 0.335. The summed E-state index contributed by atoms with van der Waals surface area (Å²) in [6.45, 7) is -4.16. The molecule has 1 radical (unpaired) electrons. The number of halogens is 21. The van der Waals surface area contributed by atoms with Crippen LogP contribution in [0.15, 0.2) is 0 Å². The largest absolute Gasteiger partial charge is 0.449 e. The topological polar surface area (TPSA) is 9.23 Å². The first-order valence-corrected chi connectivity index (χ1v) is 6.81. The first kappa shape index (κ1) is 31.5. The third-order valence-electron chi connectivity index (χ3n) is 3.37. The first-order valence-electron chi connectivity index (χ1n) is 6.81. The van der Waals surface area contributed by atoms with Gasteiger partial charge in [-0.1, -0.05) is 0 Å². The second kappa shape index (κ2) is 8.02. The van der Waals surface area contributed by atoms with Crippen molar-refractivity contribution < 1.29 is 96.9 Å². The van der Waals surface area contributed by atoms with Gasteiger partial charge in [0.05, 0.1) is 0 Å². The van der Waals surface area contributed by atoms with Gasteiger partial charge in [0.1, 0.15) is 6.61 Å². The van der Waals surface area contributed by atoms with Crippen molar-refractivity contribution in [1.82, 2.24) is 0 Å². The molecule has 0 aliphatic rings. The molecule has 1 nitrogen and oxygen atoms in total. The fourth-order valence-electron chi connectivity index (χ4n) is 2.05. The van der Waals surface area contributed by atoms with Crippen LogP contribution in [0.25, 0.3) is 0 Å². The maximum atomic E-state index is 14.2. The molecule has 0 saturated carbocycles. The van der Waals surface area contributed by atoms with Crippen molar-refractivity contribution >= 4 is 0 Å². The van der Waals surface area contributed by atoms with Gasteiger partial charge in [-0.3, -0.25) is 0 Å². The normalized spacial score (nSPS) is 18.0. The van der Waals surface area contributed by atoms with E-state index in [1.54, 1.807) is 0 Å². The van der Waals surface area contributed by atoms with Crippen LogP contribution in [0.5, 0.6) is 0 Å². The maximum absolute atomic E-state index is 14.2. The molecule has 22 heteroatoms. The van der Waals surface area contributed by atoms with E-state index in [1.807, 2.05) is 4.74 Å². The summed E-state index contributed by atoms with van der Waals surface area (Å²) in [6.07, 6.45) is -48.8. The van der Waals surface area contributed by atoms with Crippen LogP contribution in [0, 0.1) is 5.92 Å². The summed E-state index contributed by atoms with van der Waals surface area (Å²) in [5.74, 6) is -14.8. The monoisotopic (exact) mass is 549 g/mol. The van der Waals surface area contributed by atoms with Gasteiger partial charge >= 0.3 is 54.3 Å². The van der Waals surface area contributed by atoms with Crippen LogP contribution >= 0.6 is 0 Å².